The summed E-state index contributed by atoms with van der Waals surface area (Å²) in [4.78, 5) is 35.1. The molecule has 1 N–H and O–H groups in total. The summed E-state index contributed by atoms with van der Waals surface area (Å²) < 4.78 is 0. The first-order chi connectivity index (χ1) is 13.6. The van der Waals surface area contributed by atoms with Crippen molar-refractivity contribution in [3.8, 4) is 21.1 Å². The van der Waals surface area contributed by atoms with Crippen LogP contribution in [0.5, 0.6) is 0 Å². The predicted octanol–water partition coefficient (Wildman–Crippen LogP) is 5.38. The maximum absolute atomic E-state index is 12.4. The number of carbonyl (C=O) groups excluding carboxylic acids is 2. The van der Waals surface area contributed by atoms with Crippen LogP contribution in [0.15, 0.2) is 53.2 Å². The van der Waals surface area contributed by atoms with Gasteiger partial charge in [-0.25, -0.2) is 9.97 Å². The van der Waals surface area contributed by atoms with Gasteiger partial charge >= 0.3 is 0 Å². The van der Waals surface area contributed by atoms with Crippen LogP contribution in [0.2, 0.25) is 0 Å². The highest BCUT2D eigenvalue weighted by molar-refractivity contribution is 7.20. The molecule has 8 heteroatoms. The first-order valence-electron chi connectivity index (χ1n) is 8.45. The fourth-order valence-electron chi connectivity index (χ4n) is 2.63. The number of Topliss-reactive ketones (excluding diaryl/α,β-unsaturated/α-hetero) is 1. The van der Waals surface area contributed by atoms with E-state index in [1.807, 2.05) is 53.2 Å². The molecule has 0 unspecified atom stereocenters. The summed E-state index contributed by atoms with van der Waals surface area (Å²) in [7, 11) is 0. The van der Waals surface area contributed by atoms with E-state index in [4.69, 9.17) is 0 Å². The van der Waals surface area contributed by atoms with Crippen molar-refractivity contribution in [1.82, 2.24) is 9.97 Å². The molecule has 0 aliphatic heterocycles. The summed E-state index contributed by atoms with van der Waals surface area (Å²) in [5.41, 5.74) is 2.17. The number of hydrogen-bond acceptors (Lipinski definition) is 7. The summed E-state index contributed by atoms with van der Waals surface area (Å²) >= 11 is 4.34. The summed E-state index contributed by atoms with van der Waals surface area (Å²) in [5.74, 6) is -0.275. The van der Waals surface area contributed by atoms with Crippen molar-refractivity contribution < 1.29 is 9.59 Å². The quantitative estimate of drug-likeness (QED) is 0.421. The number of aromatic nitrogens is 2. The zero-order chi connectivity index (χ0) is 19.5. The van der Waals surface area contributed by atoms with Crippen molar-refractivity contribution in [3.63, 3.8) is 0 Å². The molecule has 0 fully saturated rings. The average Bonchev–Trinajstić information content (AvgIpc) is 3.42. The molecule has 4 rings (SSSR count). The van der Waals surface area contributed by atoms with Crippen molar-refractivity contribution in [1.29, 1.82) is 0 Å². The van der Waals surface area contributed by atoms with Crippen LogP contribution < -0.4 is 5.32 Å². The van der Waals surface area contributed by atoms with Gasteiger partial charge in [0.05, 0.1) is 27.6 Å². The summed E-state index contributed by atoms with van der Waals surface area (Å²) in [6.07, 6.45) is 0.164. The lowest BCUT2D eigenvalue weighted by molar-refractivity contribution is -0.115. The lowest BCUT2D eigenvalue weighted by Crippen LogP contribution is -2.14. The Bertz CT molecular complexity index is 1120. The standard InChI is InChI=1S/C20H15N3O2S3/c1-12(24)18-17(13-6-3-2-4-7-13)23-20(28-18)22-16(25)10-14-11-27-19(21-14)15-8-5-9-26-15/h2-9,11H,10H2,1H3,(H,22,23,25). The topological polar surface area (TPSA) is 72.0 Å². The first-order valence-corrected chi connectivity index (χ1v) is 11.0. The van der Waals surface area contributed by atoms with E-state index in [0.29, 0.717) is 15.7 Å². The van der Waals surface area contributed by atoms with Gasteiger partial charge in [-0.1, -0.05) is 47.7 Å². The van der Waals surface area contributed by atoms with Crippen molar-refractivity contribution in [2.45, 2.75) is 13.3 Å². The Morgan fingerprint density at radius 3 is 2.57 bits per heavy atom. The number of anilines is 1. The van der Waals surface area contributed by atoms with Crippen molar-refractivity contribution in [2.24, 2.45) is 0 Å². The van der Waals surface area contributed by atoms with Crippen molar-refractivity contribution >= 4 is 50.8 Å². The van der Waals surface area contributed by atoms with Gasteiger partial charge in [0.1, 0.15) is 5.01 Å². The number of carbonyl (C=O) groups is 2. The van der Waals surface area contributed by atoms with Gasteiger partial charge in [-0.15, -0.1) is 22.7 Å². The molecule has 1 amide bonds. The van der Waals surface area contributed by atoms with Crippen LogP contribution in [-0.2, 0) is 11.2 Å². The number of thiophene rings is 1. The lowest BCUT2D eigenvalue weighted by atomic mass is 10.1. The number of benzene rings is 1. The molecule has 0 atom stereocenters. The van der Waals surface area contributed by atoms with Gasteiger partial charge in [-0.3, -0.25) is 9.59 Å². The zero-order valence-electron chi connectivity index (χ0n) is 14.8. The highest BCUT2D eigenvalue weighted by Crippen LogP contribution is 2.32. The minimum atomic E-state index is -0.202. The molecule has 4 aromatic rings. The van der Waals surface area contributed by atoms with E-state index in [-0.39, 0.29) is 18.1 Å². The lowest BCUT2D eigenvalue weighted by Gasteiger charge is -1.99. The first kappa shape index (κ1) is 18.7. The van der Waals surface area contributed by atoms with Crippen LogP contribution in [0.1, 0.15) is 22.3 Å². The molecule has 3 heterocycles. The summed E-state index contributed by atoms with van der Waals surface area (Å²) in [6, 6.07) is 13.5. The molecule has 0 radical (unpaired) electrons. The van der Waals surface area contributed by atoms with Crippen LogP contribution in [0, 0.1) is 0 Å². The smallest absolute Gasteiger partial charge is 0.232 e. The fraction of sp³-hybridized carbons (Fsp3) is 0.100. The fourth-order valence-corrected chi connectivity index (χ4v) is 5.17. The number of nitrogens with zero attached hydrogens (tertiary/aromatic N) is 2. The van der Waals surface area contributed by atoms with Crippen molar-refractivity contribution in [2.75, 3.05) is 5.32 Å². The molecule has 0 bridgehead atoms. The van der Waals surface area contributed by atoms with Crippen LogP contribution in [0.25, 0.3) is 21.1 Å². The second-order valence-corrected chi connectivity index (χ2v) is 8.77. The number of rotatable bonds is 6. The zero-order valence-corrected chi connectivity index (χ0v) is 17.3. The Morgan fingerprint density at radius 2 is 1.86 bits per heavy atom. The van der Waals surface area contributed by atoms with E-state index in [1.165, 1.54) is 29.6 Å². The highest BCUT2D eigenvalue weighted by atomic mass is 32.1. The molecule has 0 aliphatic rings. The highest BCUT2D eigenvalue weighted by Gasteiger charge is 2.18. The molecule has 0 spiro atoms. The molecule has 5 nitrogen and oxygen atoms in total. The molecule has 0 aliphatic carbocycles. The maximum atomic E-state index is 12.4. The molecular formula is C20H15N3O2S3. The van der Waals surface area contributed by atoms with Crippen molar-refractivity contribution in [3.05, 3.63) is 63.8 Å². The second kappa shape index (κ2) is 8.14. The Morgan fingerprint density at radius 1 is 1.04 bits per heavy atom. The molecular weight excluding hydrogens is 410 g/mol. The van der Waals surface area contributed by atoms with Gasteiger partial charge in [0.25, 0.3) is 0 Å². The maximum Gasteiger partial charge on any atom is 0.232 e. The number of amides is 1. The largest absolute Gasteiger partial charge is 0.302 e. The molecule has 28 heavy (non-hydrogen) atoms. The van der Waals surface area contributed by atoms with E-state index in [1.54, 1.807) is 11.3 Å². The summed E-state index contributed by atoms with van der Waals surface area (Å²) in [5, 5.41) is 8.03. The van der Waals surface area contributed by atoms with Crippen LogP contribution in [-0.4, -0.2) is 21.7 Å². The molecule has 0 saturated heterocycles. The third-order valence-electron chi connectivity index (χ3n) is 3.87. The molecule has 140 valence electrons. The van der Waals surface area contributed by atoms with E-state index in [9.17, 15) is 9.59 Å². The van der Waals surface area contributed by atoms with Gasteiger partial charge in [0, 0.05) is 17.9 Å². The Hall–Kier alpha value is -2.68. The van der Waals surface area contributed by atoms with E-state index >= 15 is 0 Å². The molecule has 3 aromatic heterocycles. The van der Waals surface area contributed by atoms with Crippen LogP contribution in [0.3, 0.4) is 0 Å². The minimum absolute atomic E-state index is 0.0723. The monoisotopic (exact) mass is 425 g/mol. The van der Waals surface area contributed by atoms with Gasteiger partial charge < -0.3 is 5.32 Å². The Kier molecular flexibility index (Phi) is 5.43. The van der Waals surface area contributed by atoms with E-state index in [0.717, 1.165) is 21.1 Å². The molecule has 0 saturated carbocycles. The van der Waals surface area contributed by atoms with Crippen LogP contribution >= 0.6 is 34.0 Å². The number of nitrogens with one attached hydrogen (secondary N) is 1. The second-order valence-electron chi connectivity index (χ2n) is 5.97. The predicted molar refractivity (Wildman–Crippen MR) is 115 cm³/mol. The summed E-state index contributed by atoms with van der Waals surface area (Å²) in [6.45, 7) is 1.51. The minimum Gasteiger partial charge on any atom is -0.302 e. The SMILES string of the molecule is CC(=O)c1sc(NC(=O)Cc2csc(-c3cccs3)n2)nc1-c1ccccc1. The number of hydrogen-bond donors (Lipinski definition) is 1. The van der Waals surface area contributed by atoms with Gasteiger partial charge in [0.15, 0.2) is 10.9 Å². The van der Waals surface area contributed by atoms with E-state index < -0.39 is 0 Å². The third kappa shape index (κ3) is 4.09. The van der Waals surface area contributed by atoms with Crippen LogP contribution in [0.4, 0.5) is 5.13 Å². The van der Waals surface area contributed by atoms with Gasteiger partial charge in [-0.2, -0.15) is 0 Å². The average molecular weight is 426 g/mol. The normalized spacial score (nSPS) is 10.8. The van der Waals surface area contributed by atoms with Gasteiger partial charge in [-0.05, 0) is 11.4 Å². The Labute approximate surface area is 173 Å². The number of ketones is 1. The Balaban J connectivity index is 1.50. The van der Waals surface area contributed by atoms with Gasteiger partial charge in [0.2, 0.25) is 5.91 Å². The third-order valence-corrected chi connectivity index (χ3v) is 6.87. The number of thiazole rings is 2. The van der Waals surface area contributed by atoms with E-state index in [2.05, 4.69) is 15.3 Å². The molecule has 1 aromatic carbocycles.